The number of rotatable bonds is 6. The standard InChI is InChI=1S/C12H15F2NO3S/c13-10-4-3-9(7-11(10)14)19(17,18)15-12(5-6-16)8-1-2-8/h3-4,7-8,12,15-16H,1-2,5-6H2. The molecule has 4 nitrogen and oxygen atoms in total. The lowest BCUT2D eigenvalue weighted by molar-refractivity contribution is 0.265. The molecule has 0 aromatic heterocycles. The number of hydrogen-bond acceptors (Lipinski definition) is 3. The van der Waals surface area contributed by atoms with Crippen molar-refractivity contribution in [3.8, 4) is 0 Å². The van der Waals surface area contributed by atoms with Gasteiger partial charge in [-0.1, -0.05) is 0 Å². The van der Waals surface area contributed by atoms with Crippen LogP contribution in [0.3, 0.4) is 0 Å². The van der Waals surface area contributed by atoms with Crippen LogP contribution in [0.15, 0.2) is 23.1 Å². The Kier molecular flexibility index (Phi) is 4.17. The molecule has 1 saturated carbocycles. The Labute approximate surface area is 110 Å². The van der Waals surface area contributed by atoms with E-state index in [1.807, 2.05) is 0 Å². The molecule has 0 saturated heterocycles. The molecular weight excluding hydrogens is 276 g/mol. The van der Waals surface area contributed by atoms with Crippen LogP contribution in [-0.4, -0.2) is 26.2 Å². The maximum Gasteiger partial charge on any atom is 0.240 e. The summed E-state index contributed by atoms with van der Waals surface area (Å²) in [5, 5.41) is 8.92. The molecule has 2 N–H and O–H groups in total. The molecule has 1 fully saturated rings. The van der Waals surface area contributed by atoms with Crippen molar-refractivity contribution in [1.29, 1.82) is 0 Å². The second-order valence-electron chi connectivity index (χ2n) is 4.65. The molecule has 0 amide bonds. The first-order valence-electron chi connectivity index (χ1n) is 6.02. The highest BCUT2D eigenvalue weighted by molar-refractivity contribution is 7.89. The molecule has 19 heavy (non-hydrogen) atoms. The molecule has 7 heteroatoms. The van der Waals surface area contributed by atoms with Crippen LogP contribution < -0.4 is 4.72 Å². The molecule has 2 rings (SSSR count). The Balaban J connectivity index is 2.18. The van der Waals surface area contributed by atoms with E-state index in [1.54, 1.807) is 0 Å². The van der Waals surface area contributed by atoms with Crippen LogP contribution in [-0.2, 0) is 10.0 Å². The van der Waals surface area contributed by atoms with Gasteiger partial charge in [0.15, 0.2) is 11.6 Å². The van der Waals surface area contributed by atoms with Gasteiger partial charge in [0, 0.05) is 12.6 Å². The van der Waals surface area contributed by atoms with Gasteiger partial charge < -0.3 is 5.11 Å². The molecule has 1 aromatic rings. The summed E-state index contributed by atoms with van der Waals surface area (Å²) in [6, 6.07) is 2.09. The number of halogens is 2. The first-order chi connectivity index (χ1) is 8.94. The monoisotopic (exact) mass is 291 g/mol. The molecule has 0 aliphatic heterocycles. The third-order valence-corrected chi connectivity index (χ3v) is 4.63. The average Bonchev–Trinajstić information content (AvgIpc) is 3.16. The zero-order valence-corrected chi connectivity index (χ0v) is 11.0. The van der Waals surface area contributed by atoms with Crippen molar-refractivity contribution in [2.45, 2.75) is 30.2 Å². The predicted octanol–water partition coefficient (Wildman–Crippen LogP) is 1.40. The van der Waals surface area contributed by atoms with E-state index in [0.717, 1.165) is 25.0 Å². The number of aliphatic hydroxyl groups is 1. The van der Waals surface area contributed by atoms with Gasteiger partial charge in [0.1, 0.15) is 0 Å². The predicted molar refractivity (Wildman–Crippen MR) is 64.9 cm³/mol. The zero-order chi connectivity index (χ0) is 14.0. The number of nitrogens with one attached hydrogen (secondary N) is 1. The molecule has 1 aliphatic rings. The minimum atomic E-state index is -3.89. The fourth-order valence-electron chi connectivity index (χ4n) is 1.94. The highest BCUT2D eigenvalue weighted by atomic mass is 32.2. The lowest BCUT2D eigenvalue weighted by Gasteiger charge is -2.17. The van der Waals surface area contributed by atoms with Crippen molar-refractivity contribution < 1.29 is 22.3 Å². The number of sulfonamides is 1. The van der Waals surface area contributed by atoms with Crippen molar-refractivity contribution in [2.24, 2.45) is 5.92 Å². The van der Waals surface area contributed by atoms with Crippen molar-refractivity contribution >= 4 is 10.0 Å². The van der Waals surface area contributed by atoms with Gasteiger partial charge in [-0.05, 0) is 43.4 Å². The summed E-state index contributed by atoms with van der Waals surface area (Å²) in [6.07, 6.45) is 2.13. The Hall–Kier alpha value is -1.05. The molecule has 1 atom stereocenters. The zero-order valence-electron chi connectivity index (χ0n) is 10.1. The third kappa shape index (κ3) is 3.49. The molecular formula is C12H15F2NO3S. The first kappa shape index (κ1) is 14.4. The van der Waals surface area contributed by atoms with Crippen LogP contribution in [0.4, 0.5) is 8.78 Å². The number of aliphatic hydroxyl groups excluding tert-OH is 1. The third-order valence-electron chi connectivity index (χ3n) is 3.14. The van der Waals surface area contributed by atoms with Gasteiger partial charge in [0.2, 0.25) is 10.0 Å². The van der Waals surface area contributed by atoms with E-state index >= 15 is 0 Å². The minimum Gasteiger partial charge on any atom is -0.396 e. The number of benzene rings is 1. The number of hydrogen-bond donors (Lipinski definition) is 2. The molecule has 0 bridgehead atoms. The fourth-order valence-corrected chi connectivity index (χ4v) is 3.29. The Bertz CT molecular complexity index is 558. The Morgan fingerprint density at radius 2 is 2.00 bits per heavy atom. The highest BCUT2D eigenvalue weighted by Gasteiger charge is 2.34. The topological polar surface area (TPSA) is 66.4 Å². The van der Waals surface area contributed by atoms with Crippen LogP contribution in [0.2, 0.25) is 0 Å². The Morgan fingerprint density at radius 3 is 2.53 bits per heavy atom. The summed E-state index contributed by atoms with van der Waals surface area (Å²) in [4.78, 5) is -0.310. The fraction of sp³-hybridized carbons (Fsp3) is 0.500. The minimum absolute atomic E-state index is 0.124. The van der Waals surface area contributed by atoms with Gasteiger partial charge in [0.05, 0.1) is 4.90 Å². The first-order valence-corrected chi connectivity index (χ1v) is 7.50. The summed E-state index contributed by atoms with van der Waals surface area (Å²) in [6.45, 7) is -0.124. The van der Waals surface area contributed by atoms with Gasteiger partial charge in [-0.25, -0.2) is 21.9 Å². The quantitative estimate of drug-likeness (QED) is 0.832. The van der Waals surface area contributed by atoms with E-state index < -0.39 is 21.7 Å². The highest BCUT2D eigenvalue weighted by Crippen LogP contribution is 2.34. The van der Waals surface area contributed by atoms with E-state index in [0.29, 0.717) is 12.5 Å². The molecule has 1 aliphatic carbocycles. The Morgan fingerprint density at radius 1 is 1.32 bits per heavy atom. The molecule has 0 heterocycles. The van der Waals surface area contributed by atoms with E-state index in [-0.39, 0.29) is 23.5 Å². The van der Waals surface area contributed by atoms with E-state index in [4.69, 9.17) is 5.11 Å². The average molecular weight is 291 g/mol. The molecule has 1 aromatic carbocycles. The van der Waals surface area contributed by atoms with Crippen LogP contribution in [0.5, 0.6) is 0 Å². The van der Waals surface area contributed by atoms with Crippen LogP contribution >= 0.6 is 0 Å². The summed E-state index contributed by atoms with van der Waals surface area (Å²) < 4.78 is 52.3. The van der Waals surface area contributed by atoms with Crippen molar-refractivity contribution in [3.63, 3.8) is 0 Å². The van der Waals surface area contributed by atoms with Gasteiger partial charge in [-0.15, -0.1) is 0 Å². The van der Waals surface area contributed by atoms with Crippen molar-refractivity contribution in [2.75, 3.05) is 6.61 Å². The van der Waals surface area contributed by atoms with Crippen molar-refractivity contribution in [3.05, 3.63) is 29.8 Å². The molecule has 1 unspecified atom stereocenters. The smallest absolute Gasteiger partial charge is 0.240 e. The van der Waals surface area contributed by atoms with E-state index in [9.17, 15) is 17.2 Å². The molecule has 0 spiro atoms. The van der Waals surface area contributed by atoms with Crippen LogP contribution in [0, 0.1) is 17.6 Å². The molecule has 106 valence electrons. The lowest BCUT2D eigenvalue weighted by Crippen LogP contribution is -2.37. The summed E-state index contributed by atoms with van der Waals surface area (Å²) in [5.74, 6) is -2.08. The molecule has 0 radical (unpaired) electrons. The van der Waals surface area contributed by atoms with E-state index in [1.165, 1.54) is 0 Å². The normalized spacial score (nSPS) is 17.4. The lowest BCUT2D eigenvalue weighted by atomic mass is 10.1. The van der Waals surface area contributed by atoms with Gasteiger partial charge in [-0.2, -0.15) is 0 Å². The van der Waals surface area contributed by atoms with Crippen molar-refractivity contribution in [1.82, 2.24) is 4.72 Å². The SMILES string of the molecule is O=S(=O)(NC(CCO)C1CC1)c1ccc(F)c(F)c1. The van der Waals surface area contributed by atoms with Gasteiger partial charge in [-0.3, -0.25) is 0 Å². The van der Waals surface area contributed by atoms with Gasteiger partial charge in [0.25, 0.3) is 0 Å². The second kappa shape index (κ2) is 5.52. The summed E-state index contributed by atoms with van der Waals surface area (Å²) in [7, 11) is -3.89. The maximum atomic E-state index is 13.1. The van der Waals surface area contributed by atoms with Gasteiger partial charge >= 0.3 is 0 Å². The van der Waals surface area contributed by atoms with Crippen LogP contribution in [0.1, 0.15) is 19.3 Å². The second-order valence-corrected chi connectivity index (χ2v) is 6.37. The van der Waals surface area contributed by atoms with E-state index in [2.05, 4.69) is 4.72 Å². The maximum absolute atomic E-state index is 13.1. The van der Waals surface area contributed by atoms with Crippen LogP contribution in [0.25, 0.3) is 0 Å². The summed E-state index contributed by atoms with van der Waals surface area (Å²) >= 11 is 0. The largest absolute Gasteiger partial charge is 0.396 e. The summed E-state index contributed by atoms with van der Waals surface area (Å²) in [5.41, 5.74) is 0.